The Labute approximate surface area is 115 Å². The molecule has 2 aromatic carbocycles. The quantitative estimate of drug-likeness (QED) is 0.824. The fraction of sp³-hybridized carbons (Fsp3) is 0.0714. The van der Waals surface area contributed by atoms with Crippen LogP contribution in [0.5, 0.6) is 0 Å². The van der Waals surface area contributed by atoms with Gasteiger partial charge in [0.1, 0.15) is 5.82 Å². The molecule has 98 valence electrons. The van der Waals surface area contributed by atoms with Crippen LogP contribution in [0.2, 0.25) is 5.02 Å². The smallest absolute Gasteiger partial charge is 0.255 e. The summed E-state index contributed by atoms with van der Waals surface area (Å²) in [6.45, 7) is 1.85. The van der Waals surface area contributed by atoms with E-state index in [2.05, 4.69) is 5.32 Å². The zero-order chi connectivity index (χ0) is 14.0. The number of anilines is 2. The molecule has 0 atom stereocenters. The third-order valence-corrected chi connectivity index (χ3v) is 3.03. The number of carbonyl (C=O) groups is 1. The van der Waals surface area contributed by atoms with Crippen LogP contribution in [-0.2, 0) is 0 Å². The lowest BCUT2D eigenvalue weighted by atomic mass is 10.1. The number of nitrogens with one attached hydrogen (secondary N) is 1. The molecule has 0 fully saturated rings. The highest BCUT2D eigenvalue weighted by Crippen LogP contribution is 2.20. The Hall–Kier alpha value is -2.07. The first-order valence-electron chi connectivity index (χ1n) is 5.60. The maximum atomic E-state index is 13.2. The van der Waals surface area contributed by atoms with Crippen LogP contribution in [0.4, 0.5) is 15.8 Å². The van der Waals surface area contributed by atoms with E-state index in [1.807, 2.05) is 6.92 Å². The van der Waals surface area contributed by atoms with E-state index in [4.69, 9.17) is 17.3 Å². The second kappa shape index (κ2) is 5.28. The van der Waals surface area contributed by atoms with Gasteiger partial charge >= 0.3 is 0 Å². The molecule has 0 aliphatic heterocycles. The van der Waals surface area contributed by atoms with E-state index in [-0.39, 0.29) is 10.9 Å². The van der Waals surface area contributed by atoms with E-state index >= 15 is 0 Å². The molecule has 1 amide bonds. The molecule has 0 bridgehead atoms. The third kappa shape index (κ3) is 3.03. The Balaban J connectivity index is 2.20. The first kappa shape index (κ1) is 13.4. The number of halogens is 2. The number of carbonyl (C=O) groups excluding carboxylic acids is 1. The molecule has 3 N–H and O–H groups in total. The number of nitrogen functional groups attached to an aromatic ring is 1. The van der Waals surface area contributed by atoms with Gasteiger partial charge < -0.3 is 11.1 Å². The normalized spacial score (nSPS) is 10.3. The molecule has 0 spiro atoms. The third-order valence-electron chi connectivity index (χ3n) is 2.72. The average molecular weight is 279 g/mol. The van der Waals surface area contributed by atoms with Crippen LogP contribution in [0.3, 0.4) is 0 Å². The minimum Gasteiger partial charge on any atom is -0.398 e. The van der Waals surface area contributed by atoms with Crippen molar-refractivity contribution < 1.29 is 9.18 Å². The molecule has 2 rings (SSSR count). The Morgan fingerprint density at radius 2 is 2.00 bits per heavy atom. The predicted molar refractivity (Wildman–Crippen MR) is 75.0 cm³/mol. The van der Waals surface area contributed by atoms with Crippen molar-refractivity contribution in [3.63, 3.8) is 0 Å². The summed E-state index contributed by atoms with van der Waals surface area (Å²) in [5.41, 5.74) is 7.93. The minimum atomic E-state index is -0.581. The molecule has 0 saturated carbocycles. The standard InChI is InChI=1S/C14H12ClFN2O/c1-8-2-3-9(6-13(8)17)14(19)18-10-4-5-11(15)12(16)7-10/h2-7H,17H2,1H3,(H,18,19). The Kier molecular flexibility index (Phi) is 3.71. The Morgan fingerprint density at radius 1 is 1.26 bits per heavy atom. The second-order valence-corrected chi connectivity index (χ2v) is 4.56. The summed E-state index contributed by atoms with van der Waals surface area (Å²) in [5.74, 6) is -0.934. The molecule has 0 heterocycles. The Morgan fingerprint density at radius 3 is 2.63 bits per heavy atom. The number of nitrogens with two attached hydrogens (primary N) is 1. The van der Waals surface area contributed by atoms with Crippen LogP contribution in [0.1, 0.15) is 15.9 Å². The van der Waals surface area contributed by atoms with Gasteiger partial charge in [-0.25, -0.2) is 4.39 Å². The zero-order valence-electron chi connectivity index (χ0n) is 10.2. The highest BCUT2D eigenvalue weighted by atomic mass is 35.5. The molecule has 0 aromatic heterocycles. The molecule has 19 heavy (non-hydrogen) atoms. The summed E-state index contributed by atoms with van der Waals surface area (Å²) < 4.78 is 13.2. The van der Waals surface area contributed by atoms with Crippen LogP contribution in [0, 0.1) is 12.7 Å². The predicted octanol–water partition coefficient (Wildman–Crippen LogP) is 3.62. The van der Waals surface area contributed by atoms with E-state index in [0.29, 0.717) is 16.9 Å². The topological polar surface area (TPSA) is 55.1 Å². The van der Waals surface area contributed by atoms with Gasteiger partial charge in [-0.2, -0.15) is 0 Å². The van der Waals surface area contributed by atoms with Crippen molar-refractivity contribution in [2.75, 3.05) is 11.1 Å². The molecular formula is C14H12ClFN2O. The first-order valence-corrected chi connectivity index (χ1v) is 5.97. The zero-order valence-corrected chi connectivity index (χ0v) is 11.0. The van der Waals surface area contributed by atoms with Crippen molar-refractivity contribution in [1.82, 2.24) is 0 Å². The van der Waals surface area contributed by atoms with Crippen molar-refractivity contribution >= 4 is 28.9 Å². The highest BCUT2D eigenvalue weighted by molar-refractivity contribution is 6.30. The van der Waals surface area contributed by atoms with E-state index in [9.17, 15) is 9.18 Å². The molecule has 0 saturated heterocycles. The van der Waals surface area contributed by atoms with Gasteiger partial charge in [-0.1, -0.05) is 17.7 Å². The van der Waals surface area contributed by atoms with Crippen molar-refractivity contribution in [1.29, 1.82) is 0 Å². The summed E-state index contributed by atoms with van der Waals surface area (Å²) in [6.07, 6.45) is 0. The fourth-order valence-corrected chi connectivity index (χ4v) is 1.68. The lowest BCUT2D eigenvalue weighted by molar-refractivity contribution is 0.102. The summed E-state index contributed by atoms with van der Waals surface area (Å²) in [4.78, 5) is 12.0. The number of aryl methyl sites for hydroxylation is 1. The van der Waals surface area contributed by atoms with Crippen molar-refractivity contribution in [3.8, 4) is 0 Å². The maximum absolute atomic E-state index is 13.2. The number of benzene rings is 2. The van der Waals surface area contributed by atoms with Gasteiger partial charge in [0, 0.05) is 16.9 Å². The molecule has 0 aliphatic rings. The molecule has 2 aromatic rings. The van der Waals surface area contributed by atoms with Gasteiger partial charge in [-0.05, 0) is 42.8 Å². The van der Waals surface area contributed by atoms with Crippen LogP contribution in [0.25, 0.3) is 0 Å². The number of amides is 1. The van der Waals surface area contributed by atoms with Crippen LogP contribution in [-0.4, -0.2) is 5.91 Å². The summed E-state index contributed by atoms with van der Waals surface area (Å²) in [6, 6.07) is 9.07. The molecule has 0 unspecified atom stereocenters. The maximum Gasteiger partial charge on any atom is 0.255 e. The van der Waals surface area contributed by atoms with Gasteiger partial charge in [0.2, 0.25) is 0 Å². The highest BCUT2D eigenvalue weighted by Gasteiger charge is 2.08. The van der Waals surface area contributed by atoms with Crippen molar-refractivity contribution in [2.45, 2.75) is 6.92 Å². The van der Waals surface area contributed by atoms with E-state index < -0.39 is 5.82 Å². The van der Waals surface area contributed by atoms with Gasteiger partial charge in [-0.3, -0.25) is 4.79 Å². The summed E-state index contributed by atoms with van der Waals surface area (Å²) >= 11 is 5.57. The summed E-state index contributed by atoms with van der Waals surface area (Å²) in [7, 11) is 0. The molecule has 3 nitrogen and oxygen atoms in total. The van der Waals surface area contributed by atoms with Crippen LogP contribution in [0.15, 0.2) is 36.4 Å². The minimum absolute atomic E-state index is 0.0116. The largest absolute Gasteiger partial charge is 0.398 e. The van der Waals surface area contributed by atoms with Crippen molar-refractivity contribution in [3.05, 3.63) is 58.4 Å². The Bertz CT molecular complexity index is 643. The molecule has 0 radical (unpaired) electrons. The molecule has 5 heteroatoms. The number of hydrogen-bond donors (Lipinski definition) is 2. The summed E-state index contributed by atoms with van der Waals surface area (Å²) in [5, 5.41) is 2.59. The van der Waals surface area contributed by atoms with Crippen LogP contribution >= 0.6 is 11.6 Å². The SMILES string of the molecule is Cc1ccc(C(=O)Nc2ccc(Cl)c(F)c2)cc1N. The molecule has 0 aliphatic carbocycles. The van der Waals surface area contributed by atoms with Crippen molar-refractivity contribution in [2.24, 2.45) is 0 Å². The molecular weight excluding hydrogens is 267 g/mol. The lowest BCUT2D eigenvalue weighted by Crippen LogP contribution is -2.12. The fourth-order valence-electron chi connectivity index (χ4n) is 1.56. The average Bonchev–Trinajstić information content (AvgIpc) is 2.37. The van der Waals surface area contributed by atoms with Crippen LogP contribution < -0.4 is 11.1 Å². The van der Waals surface area contributed by atoms with E-state index in [0.717, 1.165) is 11.6 Å². The van der Waals surface area contributed by atoms with E-state index in [1.165, 1.54) is 12.1 Å². The number of rotatable bonds is 2. The lowest BCUT2D eigenvalue weighted by Gasteiger charge is -2.07. The van der Waals surface area contributed by atoms with Gasteiger partial charge in [0.25, 0.3) is 5.91 Å². The van der Waals surface area contributed by atoms with Gasteiger partial charge in [-0.15, -0.1) is 0 Å². The number of hydrogen-bond acceptors (Lipinski definition) is 2. The second-order valence-electron chi connectivity index (χ2n) is 4.15. The van der Waals surface area contributed by atoms with E-state index in [1.54, 1.807) is 18.2 Å². The monoisotopic (exact) mass is 278 g/mol. The first-order chi connectivity index (χ1) is 8.97. The van der Waals surface area contributed by atoms with Gasteiger partial charge in [0.05, 0.1) is 5.02 Å². The van der Waals surface area contributed by atoms with Gasteiger partial charge in [0.15, 0.2) is 0 Å².